The highest BCUT2D eigenvalue weighted by Gasteiger charge is 2.25. The molecule has 1 aliphatic rings. The SMILES string of the molecule is N#CC(COc1ccc(Br)cc1[N+](=O)[O-])NC1CC1. The van der Waals surface area contributed by atoms with Gasteiger partial charge in [-0.15, -0.1) is 0 Å². The van der Waals surface area contributed by atoms with Gasteiger partial charge in [-0.1, -0.05) is 15.9 Å². The third kappa shape index (κ3) is 3.91. The molecule has 7 heteroatoms. The molecule has 1 saturated carbocycles. The maximum absolute atomic E-state index is 10.9. The molecule has 1 fully saturated rings. The van der Waals surface area contributed by atoms with Crippen molar-refractivity contribution in [3.8, 4) is 11.8 Å². The summed E-state index contributed by atoms with van der Waals surface area (Å²) in [4.78, 5) is 10.4. The predicted octanol–water partition coefficient (Wildman–Crippen LogP) is 2.38. The van der Waals surface area contributed by atoms with E-state index in [4.69, 9.17) is 10.00 Å². The van der Waals surface area contributed by atoms with Gasteiger partial charge in [-0.25, -0.2) is 0 Å². The summed E-state index contributed by atoms with van der Waals surface area (Å²) < 4.78 is 6.00. The summed E-state index contributed by atoms with van der Waals surface area (Å²) in [6.45, 7) is 0.0927. The van der Waals surface area contributed by atoms with Crippen molar-refractivity contribution in [1.29, 1.82) is 5.26 Å². The number of halogens is 1. The van der Waals surface area contributed by atoms with E-state index in [0.29, 0.717) is 10.5 Å². The van der Waals surface area contributed by atoms with Crippen LogP contribution < -0.4 is 10.1 Å². The van der Waals surface area contributed by atoms with Gasteiger partial charge in [0.2, 0.25) is 0 Å². The molecule has 1 unspecified atom stereocenters. The molecule has 0 heterocycles. The summed E-state index contributed by atoms with van der Waals surface area (Å²) in [7, 11) is 0. The molecular formula is C12H12BrN3O3. The first kappa shape index (κ1) is 13.8. The lowest BCUT2D eigenvalue weighted by Gasteiger charge is -2.12. The molecule has 0 bridgehead atoms. The Kier molecular flexibility index (Phi) is 4.35. The smallest absolute Gasteiger partial charge is 0.312 e. The Labute approximate surface area is 118 Å². The van der Waals surface area contributed by atoms with Crippen LogP contribution in [-0.4, -0.2) is 23.6 Å². The second-order valence-electron chi connectivity index (χ2n) is 4.30. The van der Waals surface area contributed by atoms with Gasteiger partial charge in [0.15, 0.2) is 5.75 Å². The molecule has 6 nitrogen and oxygen atoms in total. The van der Waals surface area contributed by atoms with Crippen LogP contribution in [0.1, 0.15) is 12.8 Å². The first-order valence-electron chi connectivity index (χ1n) is 5.82. The van der Waals surface area contributed by atoms with Gasteiger partial charge in [0.1, 0.15) is 12.6 Å². The topological polar surface area (TPSA) is 88.2 Å². The van der Waals surface area contributed by atoms with Gasteiger partial charge < -0.3 is 4.74 Å². The van der Waals surface area contributed by atoms with E-state index in [9.17, 15) is 10.1 Å². The van der Waals surface area contributed by atoms with Crippen molar-refractivity contribution >= 4 is 21.6 Å². The van der Waals surface area contributed by atoms with Crippen molar-refractivity contribution in [3.05, 3.63) is 32.8 Å². The van der Waals surface area contributed by atoms with Gasteiger partial charge in [-0.2, -0.15) is 5.26 Å². The van der Waals surface area contributed by atoms with Crippen molar-refractivity contribution in [1.82, 2.24) is 5.32 Å². The second-order valence-corrected chi connectivity index (χ2v) is 5.22. The number of nitro benzene ring substituents is 1. The van der Waals surface area contributed by atoms with Crippen molar-refractivity contribution in [2.45, 2.75) is 24.9 Å². The molecule has 0 aromatic heterocycles. The van der Waals surface area contributed by atoms with Crippen LogP contribution in [-0.2, 0) is 0 Å². The van der Waals surface area contributed by atoms with Crippen LogP contribution in [0, 0.1) is 21.4 Å². The Morgan fingerprint density at radius 3 is 2.95 bits per heavy atom. The summed E-state index contributed by atoms with van der Waals surface area (Å²) in [5.74, 6) is 0.172. The van der Waals surface area contributed by atoms with Gasteiger partial charge in [-0.3, -0.25) is 15.4 Å². The van der Waals surface area contributed by atoms with Gasteiger partial charge in [0.05, 0.1) is 11.0 Å². The maximum atomic E-state index is 10.9. The highest BCUT2D eigenvalue weighted by atomic mass is 79.9. The molecule has 0 amide bonds. The standard InChI is InChI=1S/C12H12BrN3O3/c13-8-1-4-12(11(5-8)16(17)18)19-7-10(6-14)15-9-2-3-9/h1,4-5,9-10,15H,2-3,7H2. The first-order chi connectivity index (χ1) is 9.10. The number of nitriles is 1. The van der Waals surface area contributed by atoms with Crippen molar-refractivity contribution in [3.63, 3.8) is 0 Å². The van der Waals surface area contributed by atoms with Crippen molar-refractivity contribution < 1.29 is 9.66 Å². The molecule has 0 radical (unpaired) electrons. The fraction of sp³-hybridized carbons (Fsp3) is 0.417. The zero-order valence-electron chi connectivity index (χ0n) is 10.0. The van der Waals surface area contributed by atoms with Crippen LogP contribution in [0.2, 0.25) is 0 Å². The number of hydrogen-bond acceptors (Lipinski definition) is 5. The Hall–Kier alpha value is -1.65. The van der Waals surface area contributed by atoms with E-state index in [-0.39, 0.29) is 18.0 Å². The van der Waals surface area contributed by atoms with E-state index in [1.165, 1.54) is 12.1 Å². The third-order valence-corrected chi connectivity index (χ3v) is 3.19. The average molecular weight is 326 g/mol. The average Bonchev–Trinajstić information content (AvgIpc) is 3.19. The maximum Gasteiger partial charge on any atom is 0.312 e. The lowest BCUT2D eigenvalue weighted by molar-refractivity contribution is -0.385. The number of rotatable bonds is 6. The Morgan fingerprint density at radius 2 is 2.37 bits per heavy atom. The summed E-state index contributed by atoms with van der Waals surface area (Å²) in [5.41, 5.74) is -0.113. The molecule has 1 aromatic carbocycles. The number of nitrogens with zero attached hydrogens (tertiary/aromatic N) is 2. The van der Waals surface area contributed by atoms with E-state index in [2.05, 4.69) is 27.3 Å². The molecule has 100 valence electrons. The largest absolute Gasteiger partial charge is 0.484 e. The zero-order chi connectivity index (χ0) is 13.8. The number of nitro groups is 1. The second kappa shape index (κ2) is 5.99. The molecule has 1 atom stereocenters. The summed E-state index contributed by atoms with van der Waals surface area (Å²) >= 11 is 3.17. The summed E-state index contributed by atoms with van der Waals surface area (Å²) in [5, 5.41) is 23.0. The molecule has 19 heavy (non-hydrogen) atoms. The Balaban J connectivity index is 2.01. The van der Waals surface area contributed by atoms with Crippen molar-refractivity contribution in [2.75, 3.05) is 6.61 Å². The van der Waals surface area contributed by atoms with E-state index < -0.39 is 11.0 Å². The Bertz CT molecular complexity index is 525. The van der Waals surface area contributed by atoms with E-state index in [0.717, 1.165) is 12.8 Å². The quantitative estimate of drug-likeness (QED) is 0.640. The molecule has 1 aliphatic carbocycles. The number of nitrogens with one attached hydrogen (secondary N) is 1. The Morgan fingerprint density at radius 1 is 1.63 bits per heavy atom. The molecule has 0 aliphatic heterocycles. The molecular weight excluding hydrogens is 314 g/mol. The zero-order valence-corrected chi connectivity index (χ0v) is 11.6. The van der Waals surface area contributed by atoms with E-state index >= 15 is 0 Å². The fourth-order valence-corrected chi connectivity index (χ4v) is 1.93. The summed E-state index contributed by atoms with van der Waals surface area (Å²) in [6.07, 6.45) is 2.13. The number of hydrogen-bond donors (Lipinski definition) is 1. The molecule has 2 rings (SSSR count). The van der Waals surface area contributed by atoms with Crippen LogP contribution in [0.4, 0.5) is 5.69 Å². The minimum atomic E-state index is -0.504. The van der Waals surface area contributed by atoms with Crippen LogP contribution in [0.3, 0.4) is 0 Å². The first-order valence-corrected chi connectivity index (χ1v) is 6.62. The number of ether oxygens (including phenoxy) is 1. The van der Waals surface area contributed by atoms with Gasteiger partial charge >= 0.3 is 5.69 Å². The molecule has 1 aromatic rings. The van der Waals surface area contributed by atoms with Crippen molar-refractivity contribution in [2.24, 2.45) is 0 Å². The van der Waals surface area contributed by atoms with Crippen LogP contribution >= 0.6 is 15.9 Å². The highest BCUT2D eigenvalue weighted by Crippen LogP contribution is 2.30. The van der Waals surface area contributed by atoms with E-state index in [1.807, 2.05) is 0 Å². The van der Waals surface area contributed by atoms with E-state index in [1.54, 1.807) is 6.07 Å². The van der Waals surface area contributed by atoms with Crippen LogP contribution in [0.15, 0.2) is 22.7 Å². The monoisotopic (exact) mass is 325 g/mol. The molecule has 0 saturated heterocycles. The minimum Gasteiger partial charge on any atom is -0.484 e. The van der Waals surface area contributed by atoms with Crippen LogP contribution in [0.5, 0.6) is 5.75 Å². The predicted molar refractivity (Wildman–Crippen MR) is 71.9 cm³/mol. The minimum absolute atomic E-state index is 0.0927. The van der Waals surface area contributed by atoms with Crippen LogP contribution in [0.25, 0.3) is 0 Å². The lowest BCUT2D eigenvalue weighted by Crippen LogP contribution is -2.34. The fourth-order valence-electron chi connectivity index (χ4n) is 1.59. The lowest BCUT2D eigenvalue weighted by atomic mass is 10.3. The van der Waals surface area contributed by atoms with Gasteiger partial charge in [-0.05, 0) is 25.0 Å². The highest BCUT2D eigenvalue weighted by molar-refractivity contribution is 9.10. The normalized spacial score (nSPS) is 15.6. The van der Waals surface area contributed by atoms with Gasteiger partial charge in [0.25, 0.3) is 0 Å². The molecule has 1 N–H and O–H groups in total. The van der Waals surface area contributed by atoms with Gasteiger partial charge in [0, 0.05) is 16.6 Å². The number of benzene rings is 1. The third-order valence-electron chi connectivity index (χ3n) is 2.69. The molecule has 0 spiro atoms. The summed E-state index contributed by atoms with van der Waals surface area (Å²) in [6, 6.07) is 6.59.